The Morgan fingerprint density at radius 2 is 1.92 bits per heavy atom. The summed E-state index contributed by atoms with van der Waals surface area (Å²) in [7, 11) is 3.01. The molecule has 0 fully saturated rings. The van der Waals surface area contributed by atoms with Crippen molar-refractivity contribution in [2.45, 2.75) is 6.92 Å². The molecule has 0 unspecified atom stereocenters. The number of hydrogen-bond acceptors (Lipinski definition) is 4. The molecular weight excluding hydrogens is 330 g/mol. The number of allylic oxidation sites excluding steroid dienone is 1. The molecule has 2 heterocycles. The molecule has 0 atom stereocenters. The van der Waals surface area contributed by atoms with Crippen LogP contribution < -0.4 is 0 Å². The smallest absolute Gasteiger partial charge is 0.277 e. The van der Waals surface area contributed by atoms with Crippen molar-refractivity contribution in [3.63, 3.8) is 0 Å². The number of benzene rings is 1. The third-order valence-electron chi connectivity index (χ3n) is 4.09. The molecular formula is C20H19N3O3. The first kappa shape index (κ1) is 17.6. The van der Waals surface area contributed by atoms with E-state index >= 15 is 0 Å². The molecule has 6 nitrogen and oxygen atoms in total. The molecule has 1 N–H and O–H groups in total. The van der Waals surface area contributed by atoms with Crippen molar-refractivity contribution in [3.05, 3.63) is 59.9 Å². The molecule has 0 saturated heterocycles. The summed E-state index contributed by atoms with van der Waals surface area (Å²) in [5.41, 5.74) is 4.06. The number of nitrogens with zero attached hydrogens (tertiary/aromatic N) is 2. The summed E-state index contributed by atoms with van der Waals surface area (Å²) in [6.07, 6.45) is 6.90. The molecule has 0 aliphatic rings. The highest BCUT2D eigenvalue weighted by Crippen LogP contribution is 2.26. The van der Waals surface area contributed by atoms with Crippen molar-refractivity contribution >= 4 is 28.8 Å². The lowest BCUT2D eigenvalue weighted by atomic mass is 10.0. The van der Waals surface area contributed by atoms with Crippen molar-refractivity contribution in [2.24, 2.45) is 0 Å². The first-order chi connectivity index (χ1) is 12.5. The van der Waals surface area contributed by atoms with Crippen LogP contribution in [0.1, 0.15) is 22.8 Å². The molecule has 1 aromatic carbocycles. The van der Waals surface area contributed by atoms with Gasteiger partial charge >= 0.3 is 0 Å². The van der Waals surface area contributed by atoms with Gasteiger partial charge in [0, 0.05) is 41.5 Å². The summed E-state index contributed by atoms with van der Waals surface area (Å²) >= 11 is 0. The number of fused-ring (bicyclic) bond motifs is 1. The molecule has 0 radical (unpaired) electrons. The van der Waals surface area contributed by atoms with E-state index in [0.717, 1.165) is 27.7 Å². The van der Waals surface area contributed by atoms with Crippen LogP contribution in [0.15, 0.2) is 48.8 Å². The maximum atomic E-state index is 12.1. The number of carbonyl (C=O) groups excluding carboxylic acids is 2. The van der Waals surface area contributed by atoms with E-state index in [1.165, 1.54) is 25.2 Å². The third-order valence-corrected chi connectivity index (χ3v) is 4.09. The molecule has 0 aliphatic carbocycles. The maximum absolute atomic E-state index is 12.1. The highest BCUT2D eigenvalue weighted by Gasteiger charge is 2.11. The molecule has 0 aliphatic heterocycles. The highest BCUT2D eigenvalue weighted by molar-refractivity contribution is 5.96. The van der Waals surface area contributed by atoms with Crippen LogP contribution in [-0.2, 0) is 9.63 Å². The van der Waals surface area contributed by atoms with Crippen molar-refractivity contribution in [1.29, 1.82) is 0 Å². The van der Waals surface area contributed by atoms with Crippen LogP contribution in [0.2, 0.25) is 0 Å². The zero-order chi connectivity index (χ0) is 18.7. The number of amides is 1. The van der Waals surface area contributed by atoms with Gasteiger partial charge < -0.3 is 4.98 Å². The highest BCUT2D eigenvalue weighted by atomic mass is 16.7. The van der Waals surface area contributed by atoms with Gasteiger partial charge in [-0.15, -0.1) is 0 Å². The SMILES string of the molecule is CON(C)C(=O)c1ccc(-c2cnc3[nH]cc(/C=C/C(C)=O)c3c2)cc1. The lowest BCUT2D eigenvalue weighted by Crippen LogP contribution is -2.25. The molecule has 6 heteroatoms. The average molecular weight is 349 g/mol. The zero-order valence-corrected chi connectivity index (χ0v) is 14.8. The Bertz CT molecular complexity index is 987. The molecule has 3 rings (SSSR count). The number of nitrogens with one attached hydrogen (secondary N) is 1. The predicted octanol–water partition coefficient (Wildman–Crippen LogP) is 3.47. The minimum Gasteiger partial charge on any atom is -0.346 e. The normalized spacial score (nSPS) is 11.2. The van der Waals surface area contributed by atoms with Crippen LogP contribution in [0, 0.1) is 0 Å². The number of hydroxylamine groups is 2. The maximum Gasteiger partial charge on any atom is 0.277 e. The molecule has 3 aromatic rings. The summed E-state index contributed by atoms with van der Waals surface area (Å²) in [6, 6.07) is 9.27. The molecule has 1 amide bonds. The standard InChI is InChI=1S/C20H19N3O3/c1-13(24)4-5-16-11-21-19-18(16)10-17(12-22-19)14-6-8-15(9-7-14)20(25)23(2)26-3/h4-12H,1-3H3,(H,21,22)/b5-4+. The van der Waals surface area contributed by atoms with Crippen LogP contribution in [0.4, 0.5) is 0 Å². The van der Waals surface area contributed by atoms with E-state index in [1.54, 1.807) is 31.5 Å². The number of aromatic nitrogens is 2. The van der Waals surface area contributed by atoms with E-state index in [9.17, 15) is 9.59 Å². The van der Waals surface area contributed by atoms with Crippen molar-refractivity contribution < 1.29 is 14.4 Å². The summed E-state index contributed by atoms with van der Waals surface area (Å²) in [4.78, 5) is 35.7. The average Bonchev–Trinajstić information content (AvgIpc) is 3.07. The Balaban J connectivity index is 1.94. The van der Waals surface area contributed by atoms with Gasteiger partial charge in [-0.3, -0.25) is 14.4 Å². The largest absolute Gasteiger partial charge is 0.346 e. The molecule has 0 saturated carbocycles. The number of aromatic amines is 1. The number of carbonyl (C=O) groups is 2. The fourth-order valence-corrected chi connectivity index (χ4v) is 2.60. The minimum absolute atomic E-state index is 0.00949. The first-order valence-corrected chi connectivity index (χ1v) is 8.08. The van der Waals surface area contributed by atoms with Crippen LogP contribution in [0.5, 0.6) is 0 Å². The van der Waals surface area contributed by atoms with Crippen LogP contribution in [0.25, 0.3) is 28.2 Å². The Labute approximate surface area is 151 Å². The molecule has 0 spiro atoms. The Hall–Kier alpha value is -3.25. The molecule has 2 aromatic heterocycles. The van der Waals surface area contributed by atoms with Crippen LogP contribution in [-0.4, -0.2) is 40.9 Å². The van der Waals surface area contributed by atoms with Gasteiger partial charge in [0.25, 0.3) is 5.91 Å². The van der Waals surface area contributed by atoms with E-state index in [1.807, 2.05) is 24.4 Å². The number of ketones is 1. The van der Waals surface area contributed by atoms with Gasteiger partial charge in [0.1, 0.15) is 5.65 Å². The summed E-state index contributed by atoms with van der Waals surface area (Å²) in [5.74, 6) is -0.223. The summed E-state index contributed by atoms with van der Waals surface area (Å²) in [6.45, 7) is 1.51. The summed E-state index contributed by atoms with van der Waals surface area (Å²) < 4.78 is 0. The number of rotatable bonds is 5. The van der Waals surface area contributed by atoms with Gasteiger partial charge in [0.05, 0.1) is 7.11 Å². The van der Waals surface area contributed by atoms with E-state index in [4.69, 9.17) is 4.84 Å². The van der Waals surface area contributed by atoms with E-state index in [0.29, 0.717) is 5.56 Å². The van der Waals surface area contributed by atoms with E-state index in [-0.39, 0.29) is 11.7 Å². The Morgan fingerprint density at radius 3 is 2.58 bits per heavy atom. The van der Waals surface area contributed by atoms with Gasteiger partial charge in [-0.1, -0.05) is 12.1 Å². The quantitative estimate of drug-likeness (QED) is 0.565. The third kappa shape index (κ3) is 3.55. The fourth-order valence-electron chi connectivity index (χ4n) is 2.60. The van der Waals surface area contributed by atoms with Crippen molar-refractivity contribution in [2.75, 3.05) is 14.2 Å². The van der Waals surface area contributed by atoms with Gasteiger partial charge in [-0.05, 0) is 42.8 Å². The predicted molar refractivity (Wildman–Crippen MR) is 100 cm³/mol. The molecule has 26 heavy (non-hydrogen) atoms. The number of pyridine rings is 1. The van der Waals surface area contributed by atoms with Gasteiger partial charge in [0.15, 0.2) is 5.78 Å². The minimum atomic E-state index is -0.213. The second-order valence-corrected chi connectivity index (χ2v) is 5.87. The lowest BCUT2D eigenvalue weighted by molar-refractivity contribution is -0.112. The first-order valence-electron chi connectivity index (χ1n) is 8.08. The Kier molecular flexibility index (Phi) is 4.95. The molecule has 0 bridgehead atoms. The number of hydrogen-bond donors (Lipinski definition) is 1. The topological polar surface area (TPSA) is 75.3 Å². The van der Waals surface area contributed by atoms with Crippen LogP contribution in [0.3, 0.4) is 0 Å². The van der Waals surface area contributed by atoms with Gasteiger partial charge in [-0.25, -0.2) is 10.0 Å². The summed E-state index contributed by atoms with van der Waals surface area (Å²) in [5, 5.41) is 2.11. The Morgan fingerprint density at radius 1 is 1.19 bits per heavy atom. The van der Waals surface area contributed by atoms with Crippen molar-refractivity contribution in [3.8, 4) is 11.1 Å². The second-order valence-electron chi connectivity index (χ2n) is 5.87. The zero-order valence-electron chi connectivity index (χ0n) is 14.8. The fraction of sp³-hybridized carbons (Fsp3) is 0.150. The van der Waals surface area contributed by atoms with Gasteiger partial charge in [0.2, 0.25) is 0 Å². The monoisotopic (exact) mass is 349 g/mol. The molecule has 132 valence electrons. The van der Waals surface area contributed by atoms with Crippen molar-refractivity contribution in [1.82, 2.24) is 15.0 Å². The van der Waals surface area contributed by atoms with Crippen LogP contribution >= 0.6 is 0 Å². The second kappa shape index (κ2) is 7.33. The number of H-pyrrole nitrogens is 1. The van der Waals surface area contributed by atoms with E-state index < -0.39 is 0 Å². The van der Waals surface area contributed by atoms with Gasteiger partial charge in [-0.2, -0.15) is 0 Å². The lowest BCUT2D eigenvalue weighted by Gasteiger charge is -2.13. The van der Waals surface area contributed by atoms with E-state index in [2.05, 4.69) is 9.97 Å².